The van der Waals surface area contributed by atoms with Crippen LogP contribution in [0.15, 0.2) is 21.6 Å². The average Bonchev–Trinajstić information content (AvgIpc) is 3.07. The molecular weight excluding hydrogens is 330 g/mol. The number of hydrogen-bond donors (Lipinski definition) is 2. The van der Waals surface area contributed by atoms with Crippen LogP contribution in [0.3, 0.4) is 0 Å². The predicted molar refractivity (Wildman–Crippen MR) is 104 cm³/mol. The second-order valence-corrected chi connectivity index (χ2v) is 7.47. The highest BCUT2D eigenvalue weighted by Gasteiger charge is 2.31. The maximum atomic E-state index is 12.7. The fraction of sp³-hybridized carbons (Fsp3) is 0.684. The lowest BCUT2D eigenvalue weighted by Gasteiger charge is -2.28. The van der Waals surface area contributed by atoms with E-state index < -0.39 is 0 Å². The molecular formula is C19H31N5O2. The third-order valence-corrected chi connectivity index (χ3v) is 5.11. The van der Waals surface area contributed by atoms with Gasteiger partial charge in [0.2, 0.25) is 5.91 Å². The van der Waals surface area contributed by atoms with Crippen LogP contribution in [-0.4, -0.2) is 56.2 Å². The highest BCUT2D eigenvalue weighted by atomic mass is 16.2. The Kier molecular flexibility index (Phi) is 7.50. The first-order valence-electron chi connectivity index (χ1n) is 9.36. The second kappa shape index (κ2) is 9.62. The van der Waals surface area contributed by atoms with E-state index in [1.807, 2.05) is 25.9 Å². The van der Waals surface area contributed by atoms with Gasteiger partial charge < -0.3 is 15.5 Å². The molecule has 0 aromatic carbocycles. The van der Waals surface area contributed by atoms with Crippen molar-refractivity contribution in [3.8, 4) is 0 Å². The van der Waals surface area contributed by atoms with E-state index in [0.717, 1.165) is 62.1 Å². The van der Waals surface area contributed by atoms with Gasteiger partial charge in [-0.15, -0.1) is 0 Å². The zero-order valence-corrected chi connectivity index (χ0v) is 16.3. The molecule has 2 N–H and O–H groups in total. The summed E-state index contributed by atoms with van der Waals surface area (Å²) in [5.74, 6) is 0.173. The van der Waals surface area contributed by atoms with Crippen LogP contribution in [0.2, 0.25) is 0 Å². The molecule has 1 aliphatic carbocycles. The molecule has 7 nitrogen and oxygen atoms in total. The number of carbonyl (C=O) groups excluding carboxylic acids is 2. The van der Waals surface area contributed by atoms with Crippen molar-refractivity contribution < 1.29 is 9.59 Å². The van der Waals surface area contributed by atoms with Crippen molar-refractivity contribution in [2.45, 2.75) is 45.4 Å². The van der Waals surface area contributed by atoms with Crippen molar-refractivity contribution in [3.63, 3.8) is 0 Å². The van der Waals surface area contributed by atoms with Crippen LogP contribution in [-0.2, 0) is 9.59 Å². The molecule has 0 aromatic heterocycles. The summed E-state index contributed by atoms with van der Waals surface area (Å²) >= 11 is 0. The molecule has 1 heterocycles. The number of carbonyl (C=O) groups is 2. The van der Waals surface area contributed by atoms with Crippen LogP contribution in [0.25, 0.3) is 0 Å². The molecule has 26 heavy (non-hydrogen) atoms. The normalized spacial score (nSPS) is 23.9. The van der Waals surface area contributed by atoms with Crippen LogP contribution in [0.4, 0.5) is 0 Å². The van der Waals surface area contributed by atoms with E-state index in [0.29, 0.717) is 18.0 Å². The van der Waals surface area contributed by atoms with Crippen LogP contribution in [0.1, 0.15) is 45.4 Å². The highest BCUT2D eigenvalue weighted by molar-refractivity contribution is 6.07. The number of allylic oxidation sites excluding steroid dienone is 1. The summed E-state index contributed by atoms with van der Waals surface area (Å²) < 4.78 is 0. The summed E-state index contributed by atoms with van der Waals surface area (Å²) in [6.07, 6.45) is 5.94. The van der Waals surface area contributed by atoms with Gasteiger partial charge in [0.05, 0.1) is 0 Å². The first kappa shape index (κ1) is 20.3. The Bertz CT molecular complexity index is 621. The van der Waals surface area contributed by atoms with Gasteiger partial charge in [0, 0.05) is 55.4 Å². The number of rotatable bonds is 8. The van der Waals surface area contributed by atoms with Gasteiger partial charge in [-0.25, -0.2) is 0 Å². The lowest BCUT2D eigenvalue weighted by molar-refractivity contribution is -0.126. The minimum absolute atomic E-state index is 0.0642. The van der Waals surface area contributed by atoms with Crippen molar-refractivity contribution in [1.29, 1.82) is 0 Å². The number of nitrogens with one attached hydrogen (secondary N) is 2. The average molecular weight is 361 g/mol. The largest absolute Gasteiger partial charge is 0.390 e. The lowest BCUT2D eigenvalue weighted by atomic mass is 9.78. The van der Waals surface area contributed by atoms with Crippen molar-refractivity contribution in [2.75, 3.05) is 27.7 Å². The molecule has 1 aliphatic heterocycles. The maximum absolute atomic E-state index is 12.7. The van der Waals surface area contributed by atoms with Gasteiger partial charge in [0.25, 0.3) is 0 Å². The van der Waals surface area contributed by atoms with Crippen LogP contribution in [0.5, 0.6) is 0 Å². The van der Waals surface area contributed by atoms with Gasteiger partial charge in [-0.2, -0.15) is 10.2 Å². The molecule has 2 rings (SSSR count). The summed E-state index contributed by atoms with van der Waals surface area (Å²) in [4.78, 5) is 26.3. The lowest BCUT2D eigenvalue weighted by Crippen LogP contribution is -2.37. The SMILES string of the molecule is CN/C(CCN(C)C)=C(\C=O)NC(=O)C1CCCC(C2=NN=C(C)C2)C1. The monoisotopic (exact) mass is 361 g/mol. The van der Waals surface area contributed by atoms with Gasteiger partial charge >= 0.3 is 0 Å². The molecule has 7 heteroatoms. The maximum Gasteiger partial charge on any atom is 0.227 e. The topological polar surface area (TPSA) is 86.2 Å². The van der Waals surface area contributed by atoms with Gasteiger partial charge in [-0.3, -0.25) is 9.59 Å². The Hall–Kier alpha value is -2.02. The third kappa shape index (κ3) is 5.49. The quantitative estimate of drug-likeness (QED) is 0.509. The third-order valence-electron chi connectivity index (χ3n) is 5.11. The number of aldehydes is 1. The van der Waals surface area contributed by atoms with Gasteiger partial charge in [0.1, 0.15) is 5.70 Å². The van der Waals surface area contributed by atoms with E-state index in [-0.39, 0.29) is 11.8 Å². The fourth-order valence-electron chi connectivity index (χ4n) is 3.58. The van der Waals surface area contributed by atoms with Crippen molar-refractivity contribution >= 4 is 23.6 Å². The molecule has 1 saturated carbocycles. The van der Waals surface area contributed by atoms with Crippen molar-refractivity contribution in [2.24, 2.45) is 22.0 Å². The van der Waals surface area contributed by atoms with E-state index in [1.54, 1.807) is 7.05 Å². The molecule has 0 aromatic rings. The zero-order chi connectivity index (χ0) is 19.1. The Morgan fingerprint density at radius 2 is 2.08 bits per heavy atom. The van der Waals surface area contributed by atoms with E-state index in [4.69, 9.17) is 0 Å². The van der Waals surface area contributed by atoms with Crippen molar-refractivity contribution in [3.05, 3.63) is 11.4 Å². The van der Waals surface area contributed by atoms with Crippen LogP contribution < -0.4 is 10.6 Å². The molecule has 2 aliphatic rings. The molecule has 0 saturated heterocycles. The van der Waals surface area contributed by atoms with Crippen LogP contribution in [0, 0.1) is 11.8 Å². The minimum Gasteiger partial charge on any atom is -0.390 e. The predicted octanol–water partition coefficient (Wildman–Crippen LogP) is 1.71. The van der Waals surface area contributed by atoms with Crippen LogP contribution >= 0.6 is 0 Å². The molecule has 0 bridgehead atoms. The van der Waals surface area contributed by atoms with E-state index in [2.05, 4.69) is 20.8 Å². The summed E-state index contributed by atoms with van der Waals surface area (Å²) in [6, 6.07) is 0. The molecule has 1 amide bonds. The first-order chi connectivity index (χ1) is 12.4. The van der Waals surface area contributed by atoms with Gasteiger partial charge in [-0.1, -0.05) is 6.42 Å². The summed E-state index contributed by atoms with van der Waals surface area (Å²) in [5, 5.41) is 14.3. The molecule has 0 spiro atoms. The van der Waals surface area contributed by atoms with E-state index in [1.165, 1.54) is 0 Å². The summed E-state index contributed by atoms with van der Waals surface area (Å²) in [7, 11) is 5.73. The Morgan fingerprint density at radius 1 is 1.31 bits per heavy atom. The first-order valence-corrected chi connectivity index (χ1v) is 9.36. The molecule has 2 unspecified atom stereocenters. The zero-order valence-electron chi connectivity index (χ0n) is 16.3. The van der Waals surface area contributed by atoms with Gasteiger partial charge in [-0.05, 0) is 40.3 Å². The van der Waals surface area contributed by atoms with E-state index >= 15 is 0 Å². The van der Waals surface area contributed by atoms with Gasteiger partial charge in [0.15, 0.2) is 6.29 Å². The number of nitrogens with zero attached hydrogens (tertiary/aromatic N) is 3. The smallest absolute Gasteiger partial charge is 0.227 e. The highest BCUT2D eigenvalue weighted by Crippen LogP contribution is 2.32. The molecule has 144 valence electrons. The number of hydrogen-bond acceptors (Lipinski definition) is 6. The minimum atomic E-state index is -0.0840. The second-order valence-electron chi connectivity index (χ2n) is 7.47. The van der Waals surface area contributed by atoms with Crippen molar-refractivity contribution in [1.82, 2.24) is 15.5 Å². The summed E-state index contributed by atoms with van der Waals surface area (Å²) in [5.41, 5.74) is 3.25. The Labute approximate surface area is 156 Å². The molecule has 2 atom stereocenters. The summed E-state index contributed by atoms with van der Waals surface area (Å²) in [6.45, 7) is 2.78. The standard InChI is InChI=1S/C19H31N5O2/c1-13-10-17(23-22-13)14-6-5-7-15(11-14)19(26)21-18(12-25)16(20-2)8-9-24(3)4/h12,14-15,20H,5-11H2,1-4H3,(H,21,26)/b18-16+. The Morgan fingerprint density at radius 3 is 2.65 bits per heavy atom. The number of amides is 1. The Balaban J connectivity index is 1.99. The molecule has 0 radical (unpaired) electrons. The molecule has 1 fully saturated rings. The fourth-order valence-corrected chi connectivity index (χ4v) is 3.58. The van der Waals surface area contributed by atoms with E-state index in [9.17, 15) is 9.59 Å².